The molecule has 106 valence electrons. The number of fused-ring (bicyclic) bond motifs is 1. The van der Waals surface area contributed by atoms with Crippen molar-refractivity contribution in [1.29, 1.82) is 0 Å². The second-order valence-electron chi connectivity index (χ2n) is 4.65. The van der Waals surface area contributed by atoms with E-state index in [2.05, 4.69) is 10.3 Å². The Hall–Kier alpha value is -2.17. The number of rotatable bonds is 2. The first-order valence-electron chi connectivity index (χ1n) is 6.42. The predicted octanol–water partition coefficient (Wildman–Crippen LogP) is 3.21. The molecule has 1 amide bonds. The van der Waals surface area contributed by atoms with Crippen molar-refractivity contribution in [3.8, 4) is 0 Å². The number of hydrogen-bond donors (Lipinski definition) is 1. The van der Waals surface area contributed by atoms with Gasteiger partial charge in [0, 0.05) is 28.9 Å². The summed E-state index contributed by atoms with van der Waals surface area (Å²) in [7, 11) is 1.56. The summed E-state index contributed by atoms with van der Waals surface area (Å²) in [6, 6.07) is 14.7. The largest absolute Gasteiger partial charge is 0.349 e. The summed E-state index contributed by atoms with van der Waals surface area (Å²) in [6.45, 7) is 0. The van der Waals surface area contributed by atoms with Gasteiger partial charge in [0.2, 0.25) is 5.72 Å². The molecule has 4 nitrogen and oxygen atoms in total. The zero-order valence-electron chi connectivity index (χ0n) is 11.3. The van der Waals surface area contributed by atoms with E-state index in [9.17, 15) is 4.79 Å². The fraction of sp³-hybridized carbons (Fsp3) is 0.125. The Kier molecular flexibility index (Phi) is 3.49. The van der Waals surface area contributed by atoms with E-state index >= 15 is 0 Å². The van der Waals surface area contributed by atoms with Crippen LogP contribution >= 0.6 is 11.6 Å². The van der Waals surface area contributed by atoms with Crippen molar-refractivity contribution in [2.24, 2.45) is 4.99 Å². The maximum absolute atomic E-state index is 11.8. The standard InChI is InChI=1S/C16H13ClN2O2/c1-21-16(11-5-3-2-4-6-11)13-9-12(17)7-8-14(13)19-15(20)10-18-16/h2-10H,1H3,(H,19,20). The van der Waals surface area contributed by atoms with Gasteiger partial charge in [-0.2, -0.15) is 0 Å². The molecule has 3 rings (SSSR count). The maximum atomic E-state index is 11.8. The minimum atomic E-state index is -1.10. The van der Waals surface area contributed by atoms with Crippen LogP contribution in [0.5, 0.6) is 0 Å². The quantitative estimate of drug-likeness (QED) is 0.926. The normalized spacial score (nSPS) is 20.6. The average Bonchev–Trinajstić information content (AvgIpc) is 2.65. The SMILES string of the molecule is COC1(c2ccccc2)N=CC(=O)Nc2ccc(Cl)cc21. The van der Waals surface area contributed by atoms with Crippen LogP contribution in [0, 0.1) is 0 Å². The molecule has 0 aliphatic carbocycles. The molecule has 5 heteroatoms. The topological polar surface area (TPSA) is 50.7 Å². The second kappa shape index (κ2) is 5.31. The van der Waals surface area contributed by atoms with Gasteiger partial charge in [0.15, 0.2) is 0 Å². The summed E-state index contributed by atoms with van der Waals surface area (Å²) in [6.07, 6.45) is 1.24. The Balaban J connectivity index is 2.31. The van der Waals surface area contributed by atoms with Crippen molar-refractivity contribution in [3.63, 3.8) is 0 Å². The molecule has 1 aliphatic rings. The number of anilines is 1. The fourth-order valence-electron chi connectivity index (χ4n) is 2.46. The van der Waals surface area contributed by atoms with Gasteiger partial charge >= 0.3 is 0 Å². The summed E-state index contributed by atoms with van der Waals surface area (Å²) in [5, 5.41) is 3.33. The summed E-state index contributed by atoms with van der Waals surface area (Å²) in [5.41, 5.74) is 1.06. The minimum absolute atomic E-state index is 0.298. The third-order valence-electron chi connectivity index (χ3n) is 3.43. The maximum Gasteiger partial charge on any atom is 0.266 e. The van der Waals surface area contributed by atoms with Crippen LogP contribution in [-0.2, 0) is 15.3 Å². The predicted molar refractivity (Wildman–Crippen MR) is 82.8 cm³/mol. The van der Waals surface area contributed by atoms with Crippen molar-refractivity contribution in [2.75, 3.05) is 12.4 Å². The van der Waals surface area contributed by atoms with Crippen molar-refractivity contribution >= 4 is 29.4 Å². The Morgan fingerprint density at radius 1 is 1.19 bits per heavy atom. The Morgan fingerprint density at radius 3 is 2.67 bits per heavy atom. The van der Waals surface area contributed by atoms with Crippen LogP contribution in [0.3, 0.4) is 0 Å². The molecule has 2 aromatic rings. The fourth-order valence-corrected chi connectivity index (χ4v) is 2.64. The van der Waals surface area contributed by atoms with E-state index in [1.165, 1.54) is 6.21 Å². The second-order valence-corrected chi connectivity index (χ2v) is 5.09. The van der Waals surface area contributed by atoms with E-state index in [4.69, 9.17) is 16.3 Å². The minimum Gasteiger partial charge on any atom is -0.349 e. The molecule has 0 saturated carbocycles. The smallest absolute Gasteiger partial charge is 0.266 e. The first kappa shape index (κ1) is 13.8. The highest BCUT2D eigenvalue weighted by atomic mass is 35.5. The third kappa shape index (κ3) is 2.33. The molecule has 0 fully saturated rings. The number of ether oxygens (including phenoxy) is 1. The van der Waals surface area contributed by atoms with E-state index < -0.39 is 5.72 Å². The molecule has 1 heterocycles. The van der Waals surface area contributed by atoms with Gasteiger partial charge in [0.25, 0.3) is 5.91 Å². The Morgan fingerprint density at radius 2 is 1.95 bits per heavy atom. The van der Waals surface area contributed by atoms with E-state index in [-0.39, 0.29) is 5.91 Å². The number of carbonyl (C=O) groups is 1. The van der Waals surface area contributed by atoms with Crippen LogP contribution in [0.1, 0.15) is 11.1 Å². The van der Waals surface area contributed by atoms with E-state index in [0.29, 0.717) is 16.3 Å². The van der Waals surface area contributed by atoms with Crippen LogP contribution in [0.25, 0.3) is 0 Å². The van der Waals surface area contributed by atoms with Crippen molar-refractivity contribution in [3.05, 3.63) is 64.7 Å². The van der Waals surface area contributed by atoms with Crippen LogP contribution in [0.15, 0.2) is 53.5 Å². The number of nitrogens with zero attached hydrogens (tertiary/aromatic N) is 1. The lowest BCUT2D eigenvalue weighted by Crippen LogP contribution is -2.27. The van der Waals surface area contributed by atoms with Crippen molar-refractivity contribution in [1.82, 2.24) is 0 Å². The highest BCUT2D eigenvalue weighted by molar-refractivity contribution is 6.33. The molecule has 0 aromatic heterocycles. The van der Waals surface area contributed by atoms with Crippen molar-refractivity contribution < 1.29 is 9.53 Å². The molecule has 2 aromatic carbocycles. The lowest BCUT2D eigenvalue weighted by atomic mass is 9.93. The first-order valence-corrected chi connectivity index (χ1v) is 6.80. The molecule has 1 aliphatic heterocycles. The number of halogens is 1. The highest BCUT2D eigenvalue weighted by Gasteiger charge is 2.37. The van der Waals surface area contributed by atoms with Crippen LogP contribution < -0.4 is 5.32 Å². The average molecular weight is 301 g/mol. The van der Waals surface area contributed by atoms with Gasteiger partial charge in [0.1, 0.15) is 0 Å². The molecule has 0 saturated heterocycles. The summed E-state index contributed by atoms with van der Waals surface area (Å²) < 4.78 is 5.73. The van der Waals surface area contributed by atoms with Crippen LogP contribution in [0.4, 0.5) is 5.69 Å². The zero-order chi connectivity index (χ0) is 14.9. The summed E-state index contributed by atoms with van der Waals surface area (Å²) in [4.78, 5) is 16.2. The summed E-state index contributed by atoms with van der Waals surface area (Å²) in [5.74, 6) is -0.298. The number of carbonyl (C=O) groups excluding carboxylic acids is 1. The zero-order valence-corrected chi connectivity index (χ0v) is 12.1. The van der Waals surface area contributed by atoms with Gasteiger partial charge in [-0.15, -0.1) is 0 Å². The molecule has 0 bridgehead atoms. The lowest BCUT2D eigenvalue weighted by molar-refractivity contribution is -0.110. The van der Waals surface area contributed by atoms with E-state index in [1.54, 1.807) is 25.3 Å². The lowest BCUT2D eigenvalue weighted by Gasteiger charge is -2.29. The molecule has 1 unspecified atom stereocenters. The number of benzene rings is 2. The van der Waals surface area contributed by atoms with Gasteiger partial charge in [-0.3, -0.25) is 4.79 Å². The molecule has 1 atom stereocenters. The van der Waals surface area contributed by atoms with E-state index in [1.807, 2.05) is 30.3 Å². The molecule has 1 N–H and O–H groups in total. The molecular formula is C16H13ClN2O2. The van der Waals surface area contributed by atoms with Gasteiger partial charge in [0.05, 0.1) is 6.21 Å². The Labute approximate surface area is 127 Å². The van der Waals surface area contributed by atoms with Gasteiger partial charge in [-0.05, 0) is 18.2 Å². The molecular weight excluding hydrogens is 288 g/mol. The van der Waals surface area contributed by atoms with Gasteiger partial charge < -0.3 is 10.1 Å². The Bertz CT molecular complexity index is 715. The number of hydrogen-bond acceptors (Lipinski definition) is 3. The number of nitrogens with one attached hydrogen (secondary N) is 1. The van der Waals surface area contributed by atoms with Crippen LogP contribution in [0.2, 0.25) is 5.02 Å². The molecule has 21 heavy (non-hydrogen) atoms. The van der Waals surface area contributed by atoms with Gasteiger partial charge in [-0.1, -0.05) is 41.9 Å². The highest BCUT2D eigenvalue weighted by Crippen LogP contribution is 2.40. The van der Waals surface area contributed by atoms with Crippen molar-refractivity contribution in [2.45, 2.75) is 5.72 Å². The molecule has 0 spiro atoms. The van der Waals surface area contributed by atoms with Crippen LogP contribution in [-0.4, -0.2) is 19.2 Å². The number of methoxy groups -OCH3 is 1. The number of aliphatic imine (C=N–C) groups is 1. The summed E-state index contributed by atoms with van der Waals surface area (Å²) >= 11 is 6.12. The first-order chi connectivity index (χ1) is 10.2. The number of amides is 1. The third-order valence-corrected chi connectivity index (χ3v) is 3.66. The van der Waals surface area contributed by atoms with E-state index in [0.717, 1.165) is 5.56 Å². The van der Waals surface area contributed by atoms with Gasteiger partial charge in [-0.25, -0.2) is 4.99 Å². The molecule has 0 radical (unpaired) electrons. The monoisotopic (exact) mass is 300 g/mol.